The van der Waals surface area contributed by atoms with Crippen molar-refractivity contribution >= 4 is 22.6 Å². The number of rotatable bonds is 4. The van der Waals surface area contributed by atoms with Crippen LogP contribution in [0.5, 0.6) is 0 Å². The number of nitrogens with zero attached hydrogens (tertiary/aromatic N) is 1. The van der Waals surface area contributed by atoms with Crippen molar-refractivity contribution in [3.05, 3.63) is 64.1 Å². The molecule has 3 rings (SSSR count). The molecule has 0 spiro atoms. The van der Waals surface area contributed by atoms with Crippen molar-refractivity contribution in [3.8, 4) is 0 Å². The number of nitrogens with one attached hydrogen (secondary N) is 2. The zero-order valence-corrected chi connectivity index (χ0v) is 13.2. The van der Waals surface area contributed by atoms with Gasteiger partial charge >= 0.3 is 5.69 Å². The molecule has 0 radical (unpaired) electrons. The largest absolute Gasteiger partial charge is 0.326 e. The van der Waals surface area contributed by atoms with Crippen LogP contribution in [-0.2, 0) is 18.3 Å². The highest BCUT2D eigenvalue weighted by atomic mass is 16.2. The molecular formula is C18H19N3O2. The Hall–Kier alpha value is -2.82. The van der Waals surface area contributed by atoms with E-state index in [1.54, 1.807) is 23.7 Å². The van der Waals surface area contributed by atoms with Gasteiger partial charge in [0, 0.05) is 19.2 Å². The van der Waals surface area contributed by atoms with Crippen molar-refractivity contribution < 1.29 is 4.79 Å². The van der Waals surface area contributed by atoms with E-state index in [1.807, 2.05) is 37.3 Å². The van der Waals surface area contributed by atoms with E-state index in [-0.39, 0.29) is 11.6 Å². The second-order valence-electron chi connectivity index (χ2n) is 5.75. The van der Waals surface area contributed by atoms with E-state index in [1.165, 1.54) is 5.56 Å². The Balaban J connectivity index is 1.65. The molecule has 0 saturated carbocycles. The number of aryl methyl sites for hydroxylation is 3. The summed E-state index contributed by atoms with van der Waals surface area (Å²) in [4.78, 5) is 26.4. The van der Waals surface area contributed by atoms with Gasteiger partial charge in [-0.15, -0.1) is 0 Å². The Kier molecular flexibility index (Phi) is 4.02. The summed E-state index contributed by atoms with van der Waals surface area (Å²) in [7, 11) is 1.71. The molecule has 5 heteroatoms. The summed E-state index contributed by atoms with van der Waals surface area (Å²) in [6.45, 7) is 2.04. The average molecular weight is 309 g/mol. The predicted octanol–water partition coefficient (Wildman–Crippen LogP) is 2.75. The van der Waals surface area contributed by atoms with E-state index >= 15 is 0 Å². The number of hydrogen-bond donors (Lipinski definition) is 2. The minimum Gasteiger partial charge on any atom is -0.326 e. The molecule has 0 atom stereocenters. The first-order valence-corrected chi connectivity index (χ1v) is 7.57. The van der Waals surface area contributed by atoms with Gasteiger partial charge in [0.25, 0.3) is 0 Å². The first-order chi connectivity index (χ1) is 11.0. The van der Waals surface area contributed by atoms with Crippen LogP contribution >= 0.6 is 0 Å². The molecule has 1 heterocycles. The number of hydrogen-bond acceptors (Lipinski definition) is 2. The first-order valence-electron chi connectivity index (χ1n) is 7.57. The number of anilines is 1. The molecule has 2 N–H and O–H groups in total. The quantitative estimate of drug-likeness (QED) is 0.778. The third kappa shape index (κ3) is 3.34. The number of aromatic nitrogens is 2. The number of amides is 1. The number of carbonyl (C=O) groups excluding carboxylic acids is 1. The van der Waals surface area contributed by atoms with E-state index in [0.717, 1.165) is 11.1 Å². The lowest BCUT2D eigenvalue weighted by atomic mass is 10.1. The fraction of sp³-hybridized carbons (Fsp3) is 0.222. The molecule has 0 aliphatic rings. The topological polar surface area (TPSA) is 66.9 Å². The highest BCUT2D eigenvalue weighted by Gasteiger charge is 2.07. The van der Waals surface area contributed by atoms with Crippen LogP contribution in [0.2, 0.25) is 0 Å². The third-order valence-corrected chi connectivity index (χ3v) is 3.95. The van der Waals surface area contributed by atoms with Gasteiger partial charge in [0.1, 0.15) is 0 Å². The van der Waals surface area contributed by atoms with Gasteiger partial charge in [-0.25, -0.2) is 4.79 Å². The Morgan fingerprint density at radius 1 is 1.17 bits per heavy atom. The van der Waals surface area contributed by atoms with Crippen LogP contribution < -0.4 is 11.0 Å². The summed E-state index contributed by atoms with van der Waals surface area (Å²) in [6, 6.07) is 13.6. The predicted molar refractivity (Wildman–Crippen MR) is 91.7 cm³/mol. The van der Waals surface area contributed by atoms with Crippen molar-refractivity contribution in [3.63, 3.8) is 0 Å². The molecule has 1 aromatic heterocycles. The van der Waals surface area contributed by atoms with Crippen molar-refractivity contribution in [1.82, 2.24) is 9.55 Å². The van der Waals surface area contributed by atoms with Crippen LogP contribution in [0, 0.1) is 6.92 Å². The van der Waals surface area contributed by atoms with Crippen LogP contribution in [0.1, 0.15) is 17.5 Å². The molecule has 23 heavy (non-hydrogen) atoms. The van der Waals surface area contributed by atoms with E-state index in [2.05, 4.69) is 10.3 Å². The summed E-state index contributed by atoms with van der Waals surface area (Å²) >= 11 is 0. The summed E-state index contributed by atoms with van der Waals surface area (Å²) in [6.07, 6.45) is 1.13. The maximum atomic E-state index is 12.1. The molecule has 2 aromatic carbocycles. The third-order valence-electron chi connectivity index (χ3n) is 3.95. The highest BCUT2D eigenvalue weighted by molar-refractivity contribution is 5.93. The maximum Gasteiger partial charge on any atom is 0.326 e. The lowest BCUT2D eigenvalue weighted by Crippen LogP contribution is -2.12. The Bertz CT molecular complexity index is 904. The average Bonchev–Trinajstić information content (AvgIpc) is 2.81. The van der Waals surface area contributed by atoms with Gasteiger partial charge in [-0.1, -0.05) is 29.8 Å². The molecule has 0 aliphatic carbocycles. The maximum absolute atomic E-state index is 12.1. The standard InChI is InChI=1S/C18H19N3O2/c1-12-3-5-13(6-4-12)7-10-17(22)19-14-8-9-16-15(11-14)20-18(23)21(16)2/h3-6,8-9,11H,7,10H2,1-2H3,(H,19,22)(H,20,23). The fourth-order valence-corrected chi connectivity index (χ4v) is 2.55. The summed E-state index contributed by atoms with van der Waals surface area (Å²) in [5, 5.41) is 2.87. The van der Waals surface area contributed by atoms with Crippen LogP contribution in [-0.4, -0.2) is 15.5 Å². The molecule has 0 bridgehead atoms. The minimum absolute atomic E-state index is 0.0387. The lowest BCUT2D eigenvalue weighted by molar-refractivity contribution is -0.116. The van der Waals surface area contributed by atoms with Gasteiger partial charge in [-0.3, -0.25) is 9.36 Å². The van der Waals surface area contributed by atoms with Crippen LogP contribution in [0.25, 0.3) is 11.0 Å². The second-order valence-corrected chi connectivity index (χ2v) is 5.75. The molecule has 3 aromatic rings. The van der Waals surface area contributed by atoms with Crippen LogP contribution in [0.3, 0.4) is 0 Å². The SMILES string of the molecule is Cc1ccc(CCC(=O)Nc2ccc3c(c2)[nH]c(=O)n3C)cc1. The van der Waals surface area contributed by atoms with Crippen molar-refractivity contribution in [2.24, 2.45) is 7.05 Å². The van der Waals surface area contributed by atoms with E-state index in [0.29, 0.717) is 24.0 Å². The van der Waals surface area contributed by atoms with Crippen LogP contribution in [0.4, 0.5) is 5.69 Å². The summed E-state index contributed by atoms with van der Waals surface area (Å²) < 4.78 is 1.54. The zero-order chi connectivity index (χ0) is 16.4. The number of benzene rings is 2. The summed E-state index contributed by atoms with van der Waals surface area (Å²) in [5.41, 5.74) is 4.41. The van der Waals surface area contributed by atoms with E-state index in [9.17, 15) is 9.59 Å². The number of imidazole rings is 1. The number of fused-ring (bicyclic) bond motifs is 1. The molecule has 0 saturated heterocycles. The second kappa shape index (κ2) is 6.12. The zero-order valence-electron chi connectivity index (χ0n) is 13.2. The van der Waals surface area contributed by atoms with Gasteiger partial charge < -0.3 is 10.3 Å². The molecule has 5 nitrogen and oxygen atoms in total. The van der Waals surface area contributed by atoms with Gasteiger partial charge in [-0.2, -0.15) is 0 Å². The monoisotopic (exact) mass is 309 g/mol. The molecule has 0 unspecified atom stereocenters. The van der Waals surface area contributed by atoms with Crippen molar-refractivity contribution in [2.45, 2.75) is 19.8 Å². The van der Waals surface area contributed by atoms with Gasteiger partial charge in [-0.05, 0) is 37.1 Å². The van der Waals surface area contributed by atoms with Gasteiger partial charge in [0.05, 0.1) is 11.0 Å². The molecule has 1 amide bonds. The molecule has 0 fully saturated rings. The Labute approximate surface area is 134 Å². The summed E-state index contributed by atoms with van der Waals surface area (Å²) in [5.74, 6) is -0.0387. The van der Waals surface area contributed by atoms with Gasteiger partial charge in [0.15, 0.2) is 0 Å². The van der Waals surface area contributed by atoms with E-state index < -0.39 is 0 Å². The molecule has 118 valence electrons. The van der Waals surface area contributed by atoms with Crippen LogP contribution in [0.15, 0.2) is 47.3 Å². The smallest absolute Gasteiger partial charge is 0.326 e. The number of H-pyrrole nitrogens is 1. The number of carbonyl (C=O) groups is 1. The lowest BCUT2D eigenvalue weighted by Gasteiger charge is -2.06. The molecular weight excluding hydrogens is 290 g/mol. The minimum atomic E-state index is -0.164. The van der Waals surface area contributed by atoms with Crippen molar-refractivity contribution in [2.75, 3.05) is 5.32 Å². The number of aromatic amines is 1. The Morgan fingerprint density at radius 2 is 1.91 bits per heavy atom. The molecule has 0 aliphatic heterocycles. The first kappa shape index (κ1) is 15.1. The highest BCUT2D eigenvalue weighted by Crippen LogP contribution is 2.16. The normalized spacial score (nSPS) is 10.9. The fourth-order valence-electron chi connectivity index (χ4n) is 2.55. The van der Waals surface area contributed by atoms with E-state index in [4.69, 9.17) is 0 Å². The van der Waals surface area contributed by atoms with Crippen molar-refractivity contribution in [1.29, 1.82) is 0 Å². The van der Waals surface area contributed by atoms with Gasteiger partial charge in [0.2, 0.25) is 5.91 Å². The Morgan fingerprint density at radius 3 is 2.65 bits per heavy atom.